The molecule has 1 fully saturated rings. The first-order valence-electron chi connectivity index (χ1n) is 5.92. The van der Waals surface area contributed by atoms with E-state index in [1.54, 1.807) is 18.2 Å². The van der Waals surface area contributed by atoms with E-state index in [9.17, 15) is 8.42 Å². The summed E-state index contributed by atoms with van der Waals surface area (Å²) in [4.78, 5) is 8.01. The van der Waals surface area contributed by atoms with Gasteiger partial charge in [0.15, 0.2) is 9.84 Å². The van der Waals surface area contributed by atoms with Gasteiger partial charge in [-0.1, -0.05) is 0 Å². The smallest absolute Gasteiger partial charge is 0.175 e. The number of rotatable bonds is 3. The zero-order valence-corrected chi connectivity index (χ0v) is 10.9. The molecular formula is C12H15N3O2S. The number of nitrogens with one attached hydrogen (secondary N) is 2. The van der Waals surface area contributed by atoms with E-state index in [0.29, 0.717) is 10.8 Å². The highest BCUT2D eigenvalue weighted by Gasteiger charge is 2.19. The van der Waals surface area contributed by atoms with Crippen LogP contribution in [0.25, 0.3) is 11.0 Å². The number of sulfone groups is 1. The van der Waals surface area contributed by atoms with Gasteiger partial charge in [-0.05, 0) is 37.2 Å². The first-order valence-corrected chi connectivity index (χ1v) is 7.81. The Morgan fingerprint density at radius 1 is 1.39 bits per heavy atom. The summed E-state index contributed by atoms with van der Waals surface area (Å²) in [5.74, 6) is 1.57. The molecule has 0 bridgehead atoms. The van der Waals surface area contributed by atoms with Gasteiger partial charge in [0.05, 0.1) is 15.9 Å². The zero-order valence-electron chi connectivity index (χ0n) is 10.1. The molecule has 0 spiro atoms. The molecule has 3 rings (SSSR count). The van der Waals surface area contributed by atoms with E-state index in [1.807, 2.05) is 0 Å². The highest BCUT2D eigenvalue weighted by molar-refractivity contribution is 7.90. The Morgan fingerprint density at radius 2 is 2.17 bits per heavy atom. The van der Waals surface area contributed by atoms with Crippen LogP contribution in [-0.4, -0.2) is 37.7 Å². The zero-order chi connectivity index (χ0) is 12.8. The largest absolute Gasteiger partial charge is 0.342 e. The van der Waals surface area contributed by atoms with E-state index in [1.165, 1.54) is 6.26 Å². The van der Waals surface area contributed by atoms with Crippen molar-refractivity contribution in [2.75, 3.05) is 19.3 Å². The molecule has 2 aromatic rings. The second kappa shape index (κ2) is 4.07. The highest BCUT2D eigenvalue weighted by Crippen LogP contribution is 2.19. The van der Waals surface area contributed by atoms with Crippen LogP contribution in [0.15, 0.2) is 23.1 Å². The van der Waals surface area contributed by atoms with Gasteiger partial charge in [-0.3, -0.25) is 0 Å². The van der Waals surface area contributed by atoms with Crippen LogP contribution in [0.1, 0.15) is 5.82 Å². The number of fused-ring (bicyclic) bond motifs is 1. The topological polar surface area (TPSA) is 74.8 Å². The number of nitrogens with zero attached hydrogens (tertiary/aromatic N) is 1. The summed E-state index contributed by atoms with van der Waals surface area (Å²) in [6.07, 6.45) is 2.13. The van der Waals surface area contributed by atoms with E-state index in [2.05, 4.69) is 15.3 Å². The quantitative estimate of drug-likeness (QED) is 0.858. The number of imidazole rings is 1. The van der Waals surface area contributed by atoms with E-state index in [-0.39, 0.29) is 0 Å². The first kappa shape index (κ1) is 11.7. The van der Waals surface area contributed by atoms with Crippen LogP contribution >= 0.6 is 0 Å². The summed E-state index contributed by atoms with van der Waals surface area (Å²) in [5, 5.41) is 3.22. The van der Waals surface area contributed by atoms with Crippen molar-refractivity contribution in [2.24, 2.45) is 5.92 Å². The lowest BCUT2D eigenvalue weighted by Gasteiger charge is -2.25. The third-order valence-corrected chi connectivity index (χ3v) is 4.39. The second-order valence-electron chi connectivity index (χ2n) is 4.86. The van der Waals surface area contributed by atoms with Crippen LogP contribution < -0.4 is 5.32 Å². The van der Waals surface area contributed by atoms with Gasteiger partial charge in [-0.15, -0.1) is 0 Å². The molecule has 18 heavy (non-hydrogen) atoms. The van der Waals surface area contributed by atoms with Crippen LogP contribution in [0.3, 0.4) is 0 Å². The van der Waals surface area contributed by atoms with Crippen molar-refractivity contribution in [3.05, 3.63) is 24.0 Å². The maximum Gasteiger partial charge on any atom is 0.175 e. The molecule has 1 aromatic heterocycles. The van der Waals surface area contributed by atoms with Gasteiger partial charge in [0.2, 0.25) is 0 Å². The van der Waals surface area contributed by atoms with E-state index < -0.39 is 9.84 Å². The molecule has 0 radical (unpaired) electrons. The minimum absolute atomic E-state index is 0.329. The van der Waals surface area contributed by atoms with Crippen molar-refractivity contribution in [1.82, 2.24) is 15.3 Å². The summed E-state index contributed by atoms with van der Waals surface area (Å²) >= 11 is 0. The molecule has 0 saturated carbocycles. The third-order valence-electron chi connectivity index (χ3n) is 3.28. The number of hydrogen-bond donors (Lipinski definition) is 2. The van der Waals surface area contributed by atoms with E-state index in [0.717, 1.165) is 36.4 Å². The predicted octanol–water partition coefficient (Wildman–Crippen LogP) is 0.728. The average Bonchev–Trinajstić information content (AvgIpc) is 2.63. The van der Waals surface area contributed by atoms with Gasteiger partial charge in [-0.2, -0.15) is 0 Å². The van der Waals surface area contributed by atoms with Crippen molar-refractivity contribution < 1.29 is 8.42 Å². The number of aromatic nitrogens is 2. The van der Waals surface area contributed by atoms with Gasteiger partial charge in [0.1, 0.15) is 5.82 Å². The Morgan fingerprint density at radius 3 is 2.78 bits per heavy atom. The monoisotopic (exact) mass is 265 g/mol. The van der Waals surface area contributed by atoms with Crippen LogP contribution in [0.2, 0.25) is 0 Å². The van der Waals surface area contributed by atoms with Crippen molar-refractivity contribution in [1.29, 1.82) is 0 Å². The minimum Gasteiger partial charge on any atom is -0.342 e. The van der Waals surface area contributed by atoms with Gasteiger partial charge in [0.25, 0.3) is 0 Å². The standard InChI is InChI=1S/C12H15N3O2S/c1-18(16,17)9-2-3-10-11(5-9)15-12(14-10)4-8-6-13-7-8/h2-3,5,8,13H,4,6-7H2,1H3,(H,14,15). The van der Waals surface area contributed by atoms with Crippen LogP contribution in [-0.2, 0) is 16.3 Å². The summed E-state index contributed by atoms with van der Waals surface area (Å²) < 4.78 is 22.9. The Labute approximate surface area is 106 Å². The third kappa shape index (κ3) is 2.13. The summed E-state index contributed by atoms with van der Waals surface area (Å²) in [6, 6.07) is 5.01. The molecule has 2 heterocycles. The minimum atomic E-state index is -3.16. The normalized spacial score (nSPS) is 16.9. The molecular weight excluding hydrogens is 250 g/mol. The van der Waals surface area contributed by atoms with Gasteiger partial charge < -0.3 is 10.3 Å². The number of hydrogen-bond acceptors (Lipinski definition) is 4. The molecule has 6 heteroatoms. The second-order valence-corrected chi connectivity index (χ2v) is 6.88. The van der Waals surface area contributed by atoms with Gasteiger partial charge in [0, 0.05) is 12.7 Å². The average molecular weight is 265 g/mol. The highest BCUT2D eigenvalue weighted by atomic mass is 32.2. The number of benzene rings is 1. The first-order chi connectivity index (χ1) is 8.52. The lowest BCUT2D eigenvalue weighted by molar-refractivity contribution is 0.342. The molecule has 0 amide bonds. The molecule has 1 aliphatic rings. The van der Waals surface area contributed by atoms with Crippen LogP contribution in [0, 0.1) is 5.92 Å². The van der Waals surface area contributed by atoms with Crippen molar-refractivity contribution in [2.45, 2.75) is 11.3 Å². The summed E-state index contributed by atoms with van der Waals surface area (Å²) in [7, 11) is -3.16. The van der Waals surface area contributed by atoms with Crippen LogP contribution in [0.5, 0.6) is 0 Å². The fourth-order valence-electron chi connectivity index (χ4n) is 2.14. The van der Waals surface area contributed by atoms with Crippen molar-refractivity contribution in [3.63, 3.8) is 0 Å². The van der Waals surface area contributed by atoms with Crippen molar-refractivity contribution in [3.8, 4) is 0 Å². The lowest BCUT2D eigenvalue weighted by atomic mass is 9.99. The van der Waals surface area contributed by atoms with Crippen molar-refractivity contribution >= 4 is 20.9 Å². The van der Waals surface area contributed by atoms with E-state index in [4.69, 9.17) is 0 Å². The maximum absolute atomic E-state index is 11.5. The molecule has 2 N–H and O–H groups in total. The predicted molar refractivity (Wildman–Crippen MR) is 69.3 cm³/mol. The van der Waals surface area contributed by atoms with Gasteiger partial charge in [-0.25, -0.2) is 13.4 Å². The summed E-state index contributed by atoms with van der Waals surface area (Å²) in [5.41, 5.74) is 1.62. The Bertz CT molecular complexity index is 686. The Hall–Kier alpha value is -1.40. The SMILES string of the molecule is CS(=O)(=O)c1ccc2nc(CC3CNC3)[nH]c2c1. The number of H-pyrrole nitrogens is 1. The molecule has 5 nitrogen and oxygen atoms in total. The number of aromatic amines is 1. The molecule has 0 atom stereocenters. The molecule has 0 aliphatic carbocycles. The molecule has 1 aliphatic heterocycles. The van der Waals surface area contributed by atoms with Gasteiger partial charge >= 0.3 is 0 Å². The van der Waals surface area contributed by atoms with Crippen LogP contribution in [0.4, 0.5) is 0 Å². The maximum atomic E-state index is 11.5. The molecule has 96 valence electrons. The molecule has 1 aromatic carbocycles. The molecule has 0 unspecified atom stereocenters. The fraction of sp³-hybridized carbons (Fsp3) is 0.417. The Balaban J connectivity index is 1.96. The summed E-state index contributed by atoms with van der Waals surface area (Å²) in [6.45, 7) is 2.07. The Kier molecular flexibility index (Phi) is 2.64. The lowest BCUT2D eigenvalue weighted by Crippen LogP contribution is -2.43. The molecule has 1 saturated heterocycles. The van der Waals surface area contributed by atoms with E-state index >= 15 is 0 Å². The fourth-order valence-corrected chi connectivity index (χ4v) is 2.78.